The van der Waals surface area contributed by atoms with Gasteiger partial charge in [-0.05, 0) is 48.1 Å². The molecular weight excluding hydrogens is 312 g/mol. The Hall–Kier alpha value is -2.62. The van der Waals surface area contributed by atoms with E-state index in [1.54, 1.807) is 31.1 Å². The monoisotopic (exact) mass is 336 g/mol. The lowest BCUT2D eigenvalue weighted by Crippen LogP contribution is -2.31. The Kier molecular flexibility index (Phi) is 5.17. The molecule has 2 amide bonds. The van der Waals surface area contributed by atoms with Gasteiger partial charge in [0.2, 0.25) is 5.91 Å². The smallest absolute Gasteiger partial charge is 0.253 e. The molecule has 1 aliphatic carbocycles. The lowest BCUT2D eigenvalue weighted by molar-refractivity contribution is -0.123. The maximum absolute atomic E-state index is 12.6. The number of aryl methyl sites for hydroxylation is 1. The third-order valence-electron chi connectivity index (χ3n) is 4.76. The average molecular weight is 336 g/mol. The van der Waals surface area contributed by atoms with Crippen LogP contribution in [0.2, 0.25) is 0 Å². The molecule has 2 aromatic carbocycles. The van der Waals surface area contributed by atoms with E-state index in [9.17, 15) is 9.59 Å². The number of nitrogens with one attached hydrogen (secondary N) is 1. The molecule has 3 rings (SSSR count). The van der Waals surface area contributed by atoms with Gasteiger partial charge in [-0.25, -0.2) is 0 Å². The number of fused-ring (bicyclic) bond motifs is 1. The Bertz CT molecular complexity index is 766. The largest absolute Gasteiger partial charge is 0.351 e. The first-order valence-electron chi connectivity index (χ1n) is 8.72. The zero-order valence-corrected chi connectivity index (χ0v) is 14.8. The zero-order valence-electron chi connectivity index (χ0n) is 14.8. The molecule has 1 N–H and O–H groups in total. The summed E-state index contributed by atoms with van der Waals surface area (Å²) in [5.41, 5.74) is 4.10. The van der Waals surface area contributed by atoms with Crippen molar-refractivity contribution in [3.63, 3.8) is 0 Å². The van der Waals surface area contributed by atoms with Gasteiger partial charge in [0, 0.05) is 26.2 Å². The van der Waals surface area contributed by atoms with Gasteiger partial charge in [-0.3, -0.25) is 9.59 Å². The standard InChI is InChI=1S/C21H24N2O2/c1-23(2)21(25)17-12-10-15(11-13-17)14-22-20(24)19-9-5-7-16-6-3-4-8-18(16)19/h3-4,6,8,10-13,19H,5,7,9,14H2,1-2H3,(H,22,24). The van der Waals surface area contributed by atoms with Gasteiger partial charge in [0.25, 0.3) is 5.91 Å². The fraction of sp³-hybridized carbons (Fsp3) is 0.333. The molecule has 0 fully saturated rings. The summed E-state index contributed by atoms with van der Waals surface area (Å²) in [6.45, 7) is 0.480. The summed E-state index contributed by atoms with van der Waals surface area (Å²) in [7, 11) is 3.47. The first-order chi connectivity index (χ1) is 12.1. The van der Waals surface area contributed by atoms with Gasteiger partial charge in [0.05, 0.1) is 5.92 Å². The van der Waals surface area contributed by atoms with Crippen LogP contribution in [0.15, 0.2) is 48.5 Å². The van der Waals surface area contributed by atoms with E-state index in [1.165, 1.54) is 5.56 Å². The van der Waals surface area contributed by atoms with Gasteiger partial charge < -0.3 is 10.2 Å². The highest BCUT2D eigenvalue weighted by Crippen LogP contribution is 2.31. The molecule has 4 heteroatoms. The fourth-order valence-corrected chi connectivity index (χ4v) is 3.36. The third kappa shape index (κ3) is 3.90. The lowest BCUT2D eigenvalue weighted by atomic mass is 9.82. The average Bonchev–Trinajstić information content (AvgIpc) is 2.65. The van der Waals surface area contributed by atoms with Crippen molar-refractivity contribution >= 4 is 11.8 Å². The van der Waals surface area contributed by atoms with E-state index >= 15 is 0 Å². The van der Waals surface area contributed by atoms with Gasteiger partial charge in [-0.2, -0.15) is 0 Å². The molecule has 0 aromatic heterocycles. The summed E-state index contributed by atoms with van der Waals surface area (Å²) in [5.74, 6) is 0.00883. The van der Waals surface area contributed by atoms with Gasteiger partial charge in [-0.15, -0.1) is 0 Å². The predicted octanol–water partition coefficient (Wildman–Crippen LogP) is 3.12. The molecule has 0 bridgehead atoms. The van der Waals surface area contributed by atoms with Crippen LogP contribution in [0.25, 0.3) is 0 Å². The van der Waals surface area contributed by atoms with Crippen molar-refractivity contribution in [2.24, 2.45) is 0 Å². The Balaban J connectivity index is 1.62. The van der Waals surface area contributed by atoms with Crippen LogP contribution in [0.5, 0.6) is 0 Å². The molecule has 130 valence electrons. The molecule has 0 saturated heterocycles. The minimum Gasteiger partial charge on any atom is -0.351 e. The van der Waals surface area contributed by atoms with Crippen molar-refractivity contribution in [2.75, 3.05) is 14.1 Å². The van der Waals surface area contributed by atoms with Crippen LogP contribution in [0, 0.1) is 0 Å². The topological polar surface area (TPSA) is 49.4 Å². The highest BCUT2D eigenvalue weighted by molar-refractivity contribution is 5.93. The number of rotatable bonds is 4. The van der Waals surface area contributed by atoms with Crippen molar-refractivity contribution in [1.29, 1.82) is 0 Å². The quantitative estimate of drug-likeness (QED) is 0.932. The molecule has 1 atom stereocenters. The van der Waals surface area contributed by atoms with Crippen LogP contribution in [-0.4, -0.2) is 30.8 Å². The molecule has 2 aromatic rings. The van der Waals surface area contributed by atoms with Gasteiger partial charge in [0.1, 0.15) is 0 Å². The van der Waals surface area contributed by atoms with Crippen LogP contribution in [0.3, 0.4) is 0 Å². The molecule has 0 aliphatic heterocycles. The van der Waals surface area contributed by atoms with Crippen LogP contribution < -0.4 is 5.32 Å². The molecule has 4 nitrogen and oxygen atoms in total. The maximum Gasteiger partial charge on any atom is 0.253 e. The minimum absolute atomic E-state index is 0.0191. The SMILES string of the molecule is CN(C)C(=O)c1ccc(CNC(=O)C2CCCc3ccccc32)cc1. The second-order valence-corrected chi connectivity index (χ2v) is 6.76. The lowest BCUT2D eigenvalue weighted by Gasteiger charge is -2.24. The van der Waals surface area contributed by atoms with Crippen molar-refractivity contribution in [1.82, 2.24) is 10.2 Å². The van der Waals surface area contributed by atoms with E-state index in [4.69, 9.17) is 0 Å². The summed E-state index contributed by atoms with van der Waals surface area (Å²) in [6, 6.07) is 15.6. The zero-order chi connectivity index (χ0) is 17.8. The molecule has 1 unspecified atom stereocenters. The number of hydrogen-bond donors (Lipinski definition) is 1. The molecule has 0 spiro atoms. The Labute approximate surface area is 148 Å². The number of benzene rings is 2. The number of amides is 2. The first-order valence-corrected chi connectivity index (χ1v) is 8.72. The highest BCUT2D eigenvalue weighted by atomic mass is 16.2. The second-order valence-electron chi connectivity index (χ2n) is 6.76. The minimum atomic E-state index is -0.0560. The number of carbonyl (C=O) groups excluding carboxylic acids is 2. The fourth-order valence-electron chi connectivity index (χ4n) is 3.36. The van der Waals surface area contributed by atoms with Crippen molar-refractivity contribution in [3.05, 3.63) is 70.8 Å². The number of hydrogen-bond acceptors (Lipinski definition) is 2. The van der Waals surface area contributed by atoms with E-state index in [0.29, 0.717) is 12.1 Å². The van der Waals surface area contributed by atoms with E-state index in [1.807, 2.05) is 24.3 Å². The van der Waals surface area contributed by atoms with E-state index in [2.05, 4.69) is 17.4 Å². The summed E-state index contributed by atoms with van der Waals surface area (Å²) < 4.78 is 0. The summed E-state index contributed by atoms with van der Waals surface area (Å²) in [6.07, 6.45) is 3.01. The van der Waals surface area contributed by atoms with E-state index < -0.39 is 0 Å². The molecule has 0 radical (unpaired) electrons. The Morgan fingerprint density at radius 2 is 1.80 bits per heavy atom. The first kappa shape index (κ1) is 17.2. The highest BCUT2D eigenvalue weighted by Gasteiger charge is 2.25. The predicted molar refractivity (Wildman–Crippen MR) is 98.4 cm³/mol. The summed E-state index contributed by atoms with van der Waals surface area (Å²) in [4.78, 5) is 26.1. The van der Waals surface area contributed by atoms with Crippen LogP contribution in [-0.2, 0) is 17.8 Å². The van der Waals surface area contributed by atoms with Crippen LogP contribution in [0.1, 0.15) is 45.8 Å². The third-order valence-corrected chi connectivity index (χ3v) is 4.76. The molecule has 0 heterocycles. The Morgan fingerprint density at radius 1 is 1.08 bits per heavy atom. The Morgan fingerprint density at radius 3 is 2.52 bits per heavy atom. The summed E-state index contributed by atoms with van der Waals surface area (Å²) >= 11 is 0. The number of carbonyl (C=O) groups is 2. The van der Waals surface area contributed by atoms with E-state index in [-0.39, 0.29) is 17.7 Å². The molecule has 1 aliphatic rings. The maximum atomic E-state index is 12.6. The van der Waals surface area contributed by atoms with Gasteiger partial charge in [0.15, 0.2) is 0 Å². The molecular formula is C21H24N2O2. The molecule has 25 heavy (non-hydrogen) atoms. The van der Waals surface area contributed by atoms with Crippen molar-refractivity contribution < 1.29 is 9.59 Å². The van der Waals surface area contributed by atoms with Crippen LogP contribution >= 0.6 is 0 Å². The normalized spacial score (nSPS) is 16.0. The summed E-state index contributed by atoms with van der Waals surface area (Å²) in [5, 5.41) is 3.05. The van der Waals surface area contributed by atoms with Gasteiger partial charge >= 0.3 is 0 Å². The van der Waals surface area contributed by atoms with Crippen LogP contribution in [0.4, 0.5) is 0 Å². The second kappa shape index (κ2) is 7.51. The molecule has 0 saturated carbocycles. The van der Waals surface area contributed by atoms with E-state index in [0.717, 1.165) is 30.4 Å². The number of nitrogens with zero attached hydrogens (tertiary/aromatic N) is 1. The van der Waals surface area contributed by atoms with Crippen molar-refractivity contribution in [3.8, 4) is 0 Å². The van der Waals surface area contributed by atoms with Crippen molar-refractivity contribution in [2.45, 2.75) is 31.7 Å². The van der Waals surface area contributed by atoms with Gasteiger partial charge in [-0.1, -0.05) is 36.4 Å².